The van der Waals surface area contributed by atoms with Crippen LogP contribution in [-0.4, -0.2) is 19.3 Å². The Bertz CT molecular complexity index is 572. The molecule has 2 aromatic heterocycles. The minimum atomic E-state index is 0.493. The highest BCUT2D eigenvalue weighted by atomic mass is 15.4. The number of aryl methyl sites for hydroxylation is 2. The predicted molar refractivity (Wildman–Crippen MR) is 77.0 cm³/mol. The number of rotatable bonds is 2. The van der Waals surface area contributed by atoms with E-state index in [-0.39, 0.29) is 0 Å². The van der Waals surface area contributed by atoms with Crippen molar-refractivity contribution in [3.8, 4) is 0 Å². The summed E-state index contributed by atoms with van der Waals surface area (Å²) in [4.78, 5) is 4.57. The molecule has 2 N–H and O–H groups in total. The topological polar surface area (TPSA) is 61.7 Å². The molecule has 0 amide bonds. The van der Waals surface area contributed by atoms with E-state index >= 15 is 0 Å². The number of nitrogens with two attached hydrogens (primary N) is 1. The zero-order valence-corrected chi connectivity index (χ0v) is 11.9. The number of aromatic nitrogens is 4. The lowest BCUT2D eigenvalue weighted by molar-refractivity contribution is 0.452. The van der Waals surface area contributed by atoms with Crippen LogP contribution < -0.4 is 5.73 Å². The van der Waals surface area contributed by atoms with E-state index in [9.17, 15) is 0 Å². The molecule has 3 rings (SSSR count). The molecule has 5 heteroatoms. The maximum absolute atomic E-state index is 6.18. The van der Waals surface area contributed by atoms with Gasteiger partial charge in [-0.2, -0.15) is 5.10 Å². The fourth-order valence-electron chi connectivity index (χ4n) is 3.33. The van der Waals surface area contributed by atoms with Crippen molar-refractivity contribution in [2.75, 3.05) is 5.73 Å². The summed E-state index contributed by atoms with van der Waals surface area (Å²) in [5.41, 5.74) is 9.33. The van der Waals surface area contributed by atoms with Crippen molar-refractivity contribution in [2.24, 2.45) is 7.05 Å². The molecular formula is C14H23N5. The van der Waals surface area contributed by atoms with Gasteiger partial charge in [0.1, 0.15) is 5.52 Å². The lowest BCUT2D eigenvalue weighted by Crippen LogP contribution is -2.13. The molecule has 19 heavy (non-hydrogen) atoms. The number of hydrogen-bond donors (Lipinski definition) is 1. The van der Waals surface area contributed by atoms with Crippen LogP contribution in [0.15, 0.2) is 0 Å². The molecule has 0 unspecified atom stereocenters. The van der Waals surface area contributed by atoms with Crippen molar-refractivity contribution in [3.63, 3.8) is 0 Å². The molecule has 5 nitrogen and oxygen atoms in total. The quantitative estimate of drug-likeness (QED) is 0.846. The molecule has 2 aromatic rings. The Labute approximate surface area is 113 Å². The summed E-state index contributed by atoms with van der Waals surface area (Å²) < 4.78 is 4.18. The third kappa shape index (κ3) is 2.01. The van der Waals surface area contributed by atoms with E-state index in [1.807, 2.05) is 11.7 Å². The van der Waals surface area contributed by atoms with Gasteiger partial charge in [0.25, 0.3) is 0 Å². The first-order chi connectivity index (χ1) is 9.22. The second-order valence-electron chi connectivity index (χ2n) is 5.58. The Morgan fingerprint density at radius 2 is 1.89 bits per heavy atom. The molecule has 1 aliphatic rings. The zero-order valence-electron chi connectivity index (χ0n) is 11.9. The second kappa shape index (κ2) is 4.87. The molecule has 1 saturated carbocycles. The third-order valence-corrected chi connectivity index (χ3v) is 4.29. The Balaban J connectivity index is 2.11. The lowest BCUT2D eigenvalue weighted by atomic mass is 10.1. The number of fused-ring (bicyclic) bond motifs is 1. The highest BCUT2D eigenvalue weighted by Gasteiger charge is 2.23. The summed E-state index contributed by atoms with van der Waals surface area (Å²) in [6.07, 6.45) is 8.60. The molecule has 0 aromatic carbocycles. The summed E-state index contributed by atoms with van der Waals surface area (Å²) in [5.74, 6) is 0.657. The van der Waals surface area contributed by atoms with Crippen LogP contribution in [0, 0.1) is 0 Å². The zero-order chi connectivity index (χ0) is 13.4. The summed E-state index contributed by atoms with van der Waals surface area (Å²) in [5, 5.41) is 4.57. The number of anilines is 1. The SMILES string of the molecule is CCc1nn(C)c2c1nc(N)n2C1CCCCCC1. The van der Waals surface area contributed by atoms with Gasteiger partial charge in [0, 0.05) is 13.1 Å². The molecule has 0 aliphatic heterocycles. The molecule has 1 fully saturated rings. The van der Waals surface area contributed by atoms with Crippen molar-refractivity contribution in [1.82, 2.24) is 19.3 Å². The highest BCUT2D eigenvalue weighted by Crippen LogP contribution is 2.33. The van der Waals surface area contributed by atoms with Crippen LogP contribution in [-0.2, 0) is 13.5 Å². The van der Waals surface area contributed by atoms with E-state index in [4.69, 9.17) is 5.73 Å². The van der Waals surface area contributed by atoms with Crippen molar-refractivity contribution in [2.45, 2.75) is 57.9 Å². The predicted octanol–water partition coefficient (Wildman–Crippen LogP) is 2.81. The molecule has 1 aliphatic carbocycles. The van der Waals surface area contributed by atoms with Gasteiger partial charge in [-0.1, -0.05) is 32.6 Å². The fraction of sp³-hybridized carbons (Fsp3) is 0.714. The van der Waals surface area contributed by atoms with Crippen LogP contribution >= 0.6 is 0 Å². The van der Waals surface area contributed by atoms with E-state index in [2.05, 4.69) is 21.6 Å². The summed E-state index contributed by atoms with van der Waals surface area (Å²) in [6.45, 7) is 2.11. The van der Waals surface area contributed by atoms with Crippen molar-refractivity contribution >= 4 is 17.1 Å². The van der Waals surface area contributed by atoms with Crippen molar-refractivity contribution in [3.05, 3.63) is 5.69 Å². The molecule has 0 bridgehead atoms. The van der Waals surface area contributed by atoms with E-state index in [0.717, 1.165) is 23.3 Å². The normalized spacial score (nSPS) is 18.0. The van der Waals surface area contributed by atoms with Gasteiger partial charge in [-0.05, 0) is 19.3 Å². The van der Waals surface area contributed by atoms with Gasteiger partial charge < -0.3 is 5.73 Å². The molecule has 0 atom stereocenters. The Kier molecular flexibility index (Phi) is 3.21. The van der Waals surface area contributed by atoms with Crippen LogP contribution in [0.3, 0.4) is 0 Å². The molecular weight excluding hydrogens is 238 g/mol. The number of nitrogen functional groups attached to an aromatic ring is 1. The maximum Gasteiger partial charge on any atom is 0.202 e. The first-order valence-corrected chi connectivity index (χ1v) is 7.41. The summed E-state index contributed by atoms with van der Waals surface area (Å²) in [7, 11) is 2.00. The van der Waals surface area contributed by atoms with Gasteiger partial charge in [-0.25, -0.2) is 4.98 Å². The number of nitrogens with zero attached hydrogens (tertiary/aromatic N) is 4. The van der Waals surface area contributed by atoms with E-state index in [0.29, 0.717) is 12.0 Å². The smallest absolute Gasteiger partial charge is 0.202 e. The van der Waals surface area contributed by atoms with Gasteiger partial charge >= 0.3 is 0 Å². The molecule has 0 spiro atoms. The Morgan fingerprint density at radius 3 is 2.53 bits per heavy atom. The van der Waals surface area contributed by atoms with Gasteiger partial charge in [0.15, 0.2) is 5.65 Å². The Hall–Kier alpha value is -1.52. The summed E-state index contributed by atoms with van der Waals surface area (Å²) >= 11 is 0. The maximum atomic E-state index is 6.18. The number of imidazole rings is 1. The van der Waals surface area contributed by atoms with Crippen LogP contribution in [0.5, 0.6) is 0 Å². The molecule has 0 saturated heterocycles. The van der Waals surface area contributed by atoms with Gasteiger partial charge in [-0.3, -0.25) is 9.25 Å². The van der Waals surface area contributed by atoms with Crippen LogP contribution in [0.1, 0.15) is 57.2 Å². The van der Waals surface area contributed by atoms with Gasteiger partial charge in [0.05, 0.1) is 5.69 Å². The highest BCUT2D eigenvalue weighted by molar-refractivity contribution is 5.78. The van der Waals surface area contributed by atoms with E-state index < -0.39 is 0 Å². The van der Waals surface area contributed by atoms with E-state index in [1.54, 1.807) is 0 Å². The first kappa shape index (κ1) is 12.5. The average molecular weight is 261 g/mol. The fourth-order valence-corrected chi connectivity index (χ4v) is 3.33. The van der Waals surface area contributed by atoms with Crippen LogP contribution in [0.2, 0.25) is 0 Å². The van der Waals surface area contributed by atoms with Crippen LogP contribution in [0.4, 0.5) is 5.95 Å². The largest absolute Gasteiger partial charge is 0.369 e. The standard InChI is InChI=1S/C14H23N5/c1-3-11-12-13(18(2)17-11)19(14(15)16-12)10-8-6-4-5-7-9-10/h10H,3-9H2,1-2H3,(H2,15,16). The lowest BCUT2D eigenvalue weighted by Gasteiger charge is -2.18. The third-order valence-electron chi connectivity index (χ3n) is 4.29. The van der Waals surface area contributed by atoms with E-state index in [1.165, 1.54) is 38.5 Å². The average Bonchev–Trinajstić information content (AvgIpc) is 2.75. The van der Waals surface area contributed by atoms with Crippen LogP contribution in [0.25, 0.3) is 11.2 Å². The minimum Gasteiger partial charge on any atom is -0.369 e. The monoisotopic (exact) mass is 261 g/mol. The van der Waals surface area contributed by atoms with Gasteiger partial charge in [-0.15, -0.1) is 0 Å². The Morgan fingerprint density at radius 1 is 1.21 bits per heavy atom. The minimum absolute atomic E-state index is 0.493. The molecule has 2 heterocycles. The molecule has 104 valence electrons. The summed E-state index contributed by atoms with van der Waals surface area (Å²) in [6, 6.07) is 0.493. The first-order valence-electron chi connectivity index (χ1n) is 7.41. The number of hydrogen-bond acceptors (Lipinski definition) is 3. The van der Waals surface area contributed by atoms with Gasteiger partial charge in [0.2, 0.25) is 5.95 Å². The second-order valence-corrected chi connectivity index (χ2v) is 5.58. The van der Waals surface area contributed by atoms with Crippen molar-refractivity contribution in [1.29, 1.82) is 0 Å². The van der Waals surface area contributed by atoms with Crippen molar-refractivity contribution < 1.29 is 0 Å². The molecule has 0 radical (unpaired) electrons.